The molecule has 9 nitrogen and oxygen atoms in total. The van der Waals surface area contributed by atoms with Crippen LogP contribution in [0.5, 0.6) is 23.0 Å². The number of rotatable bonds is 12. The first-order chi connectivity index (χ1) is 20.4. The largest absolute Gasteiger partial charge is 0.573 e. The molecule has 0 spiro atoms. The Morgan fingerprint density at radius 2 is 1.77 bits per heavy atom. The highest BCUT2D eigenvalue weighted by Crippen LogP contribution is 2.39. The molecule has 13 heteroatoms. The van der Waals surface area contributed by atoms with Gasteiger partial charge >= 0.3 is 12.3 Å². The summed E-state index contributed by atoms with van der Waals surface area (Å²) in [6.45, 7) is 1.93. The number of halogens is 4. The van der Waals surface area contributed by atoms with Gasteiger partial charge in [0, 0.05) is 47.1 Å². The predicted octanol–water partition coefficient (Wildman–Crippen LogP) is 6.49. The number of ether oxygens (including phenoxy) is 4. The molecule has 230 valence electrons. The van der Waals surface area contributed by atoms with E-state index in [1.807, 2.05) is 0 Å². The Kier molecular flexibility index (Phi) is 9.80. The number of methoxy groups -OCH3 is 2. The lowest BCUT2D eigenvalue weighted by Gasteiger charge is -2.27. The van der Waals surface area contributed by atoms with Gasteiger partial charge in [-0.3, -0.25) is 9.59 Å². The van der Waals surface area contributed by atoms with E-state index in [2.05, 4.69) is 10.1 Å². The third-order valence-electron chi connectivity index (χ3n) is 6.87. The van der Waals surface area contributed by atoms with Crippen LogP contribution in [0.15, 0.2) is 54.6 Å². The number of hydrogen-bond acceptors (Lipinski definition) is 7. The van der Waals surface area contributed by atoms with Crippen LogP contribution in [-0.4, -0.2) is 50.7 Å². The van der Waals surface area contributed by atoms with Crippen LogP contribution in [0.4, 0.5) is 24.5 Å². The van der Waals surface area contributed by atoms with Crippen molar-refractivity contribution in [3.05, 3.63) is 70.7 Å². The number of nitrogens with zero attached hydrogens (tertiary/aromatic N) is 1. The van der Waals surface area contributed by atoms with Gasteiger partial charge in [-0.25, -0.2) is 0 Å². The van der Waals surface area contributed by atoms with Gasteiger partial charge in [0.05, 0.1) is 32.4 Å². The number of fused-ring (bicyclic) bond motifs is 1. The van der Waals surface area contributed by atoms with Gasteiger partial charge in [-0.15, -0.1) is 13.2 Å². The zero-order valence-corrected chi connectivity index (χ0v) is 24.3. The summed E-state index contributed by atoms with van der Waals surface area (Å²) >= 11 is 6.18. The van der Waals surface area contributed by atoms with Gasteiger partial charge in [-0.2, -0.15) is 0 Å². The van der Waals surface area contributed by atoms with Crippen molar-refractivity contribution in [3.8, 4) is 23.0 Å². The maximum Gasteiger partial charge on any atom is 0.573 e. The Labute approximate surface area is 251 Å². The summed E-state index contributed by atoms with van der Waals surface area (Å²) in [5, 5.41) is 12.7. The van der Waals surface area contributed by atoms with Crippen molar-refractivity contribution in [2.75, 3.05) is 37.6 Å². The van der Waals surface area contributed by atoms with E-state index in [1.165, 1.54) is 37.3 Å². The summed E-state index contributed by atoms with van der Waals surface area (Å²) in [5.41, 5.74) is 1.84. The molecule has 4 rings (SSSR count). The highest BCUT2D eigenvalue weighted by atomic mass is 35.5. The van der Waals surface area contributed by atoms with Crippen LogP contribution in [0.1, 0.15) is 30.5 Å². The minimum Gasteiger partial charge on any atom is -0.497 e. The van der Waals surface area contributed by atoms with Gasteiger partial charge in [0.2, 0.25) is 0 Å². The second-order valence-electron chi connectivity index (χ2n) is 9.82. The van der Waals surface area contributed by atoms with Crippen LogP contribution in [-0.2, 0) is 16.0 Å². The zero-order valence-electron chi connectivity index (χ0n) is 23.5. The van der Waals surface area contributed by atoms with Crippen LogP contribution in [0.2, 0.25) is 5.02 Å². The van der Waals surface area contributed by atoms with Crippen molar-refractivity contribution < 1.29 is 46.8 Å². The summed E-state index contributed by atoms with van der Waals surface area (Å²) in [7, 11) is 2.89. The fraction of sp³-hybridized carbons (Fsp3) is 0.333. The van der Waals surface area contributed by atoms with Crippen LogP contribution >= 0.6 is 11.6 Å². The van der Waals surface area contributed by atoms with E-state index in [4.69, 9.17) is 30.9 Å². The Morgan fingerprint density at radius 1 is 1.02 bits per heavy atom. The minimum absolute atomic E-state index is 0.125. The first kappa shape index (κ1) is 31.6. The number of carboxylic acids is 1. The maximum atomic E-state index is 14.2. The second kappa shape index (κ2) is 13.3. The Morgan fingerprint density at radius 3 is 2.44 bits per heavy atom. The quantitative estimate of drug-likeness (QED) is 0.236. The first-order valence-corrected chi connectivity index (χ1v) is 13.6. The van der Waals surface area contributed by atoms with E-state index >= 15 is 0 Å². The molecule has 0 saturated carbocycles. The summed E-state index contributed by atoms with van der Waals surface area (Å²) in [6.07, 6.45) is -4.18. The van der Waals surface area contributed by atoms with E-state index in [9.17, 15) is 22.8 Å². The standard InChI is InChI=1S/C30H30ClF3N2O7/c1-17(29(38)39)9-11-42-23-14-20(13-22(15-23)40-2)35-27(24-7-5-19(31)12-26(24)41-3)28(37)36-10-8-18-4-6-21(16-25(18)36)43-30(32,33)34/h4-7,12-17,27,35H,8-11H2,1-3H3,(H,38,39). The molecule has 1 heterocycles. The average Bonchev–Trinajstić information content (AvgIpc) is 3.37. The molecule has 2 N–H and O–H groups in total. The van der Waals surface area contributed by atoms with Crippen LogP contribution in [0, 0.1) is 5.92 Å². The van der Waals surface area contributed by atoms with Gasteiger partial charge < -0.3 is 34.3 Å². The number of alkyl halides is 3. The molecule has 2 atom stereocenters. The number of nitrogens with one attached hydrogen (secondary N) is 1. The number of carboxylic acid groups (broad SMARTS) is 1. The van der Waals surface area contributed by atoms with Crippen LogP contribution < -0.4 is 29.2 Å². The van der Waals surface area contributed by atoms with Crippen molar-refractivity contribution in [3.63, 3.8) is 0 Å². The molecule has 0 aliphatic carbocycles. The number of hydrogen-bond donors (Lipinski definition) is 2. The molecule has 2 unspecified atom stereocenters. The van der Waals surface area contributed by atoms with Crippen molar-refractivity contribution >= 4 is 34.9 Å². The molecule has 0 bridgehead atoms. The van der Waals surface area contributed by atoms with E-state index in [1.54, 1.807) is 43.3 Å². The Hall–Kier alpha value is -4.32. The number of benzene rings is 3. The summed E-state index contributed by atoms with van der Waals surface area (Å²) < 4.78 is 59.6. The minimum atomic E-state index is -4.89. The Bertz CT molecular complexity index is 1480. The molecule has 0 fully saturated rings. The number of aliphatic carboxylic acids is 1. The van der Waals surface area contributed by atoms with Crippen LogP contribution in [0.25, 0.3) is 0 Å². The summed E-state index contributed by atoms with van der Waals surface area (Å²) in [5.74, 6) is -1.36. The Balaban J connectivity index is 1.69. The van der Waals surface area contributed by atoms with Gasteiger partial charge in [0.1, 0.15) is 29.0 Å². The first-order valence-electron chi connectivity index (χ1n) is 13.2. The van der Waals surface area contributed by atoms with E-state index in [0.717, 1.165) is 0 Å². The molecule has 1 amide bonds. The number of amides is 1. The highest BCUT2D eigenvalue weighted by molar-refractivity contribution is 6.30. The van der Waals surface area contributed by atoms with Crippen LogP contribution in [0.3, 0.4) is 0 Å². The van der Waals surface area contributed by atoms with Gasteiger partial charge in [-0.05, 0) is 36.6 Å². The highest BCUT2D eigenvalue weighted by Gasteiger charge is 2.35. The molecular formula is C30H30ClF3N2O7. The molecule has 1 aliphatic heterocycles. The predicted molar refractivity (Wildman–Crippen MR) is 153 cm³/mol. The van der Waals surface area contributed by atoms with Crippen molar-refractivity contribution in [1.29, 1.82) is 0 Å². The number of carbonyl (C=O) groups excluding carboxylic acids is 1. The summed E-state index contributed by atoms with van der Waals surface area (Å²) in [4.78, 5) is 26.8. The molecule has 3 aromatic rings. The SMILES string of the molecule is COc1cc(NC(C(=O)N2CCc3ccc(OC(F)(F)F)cc32)c2ccc(Cl)cc2OC)cc(OCCC(C)C(=O)O)c1. The summed E-state index contributed by atoms with van der Waals surface area (Å²) in [6, 6.07) is 12.5. The van der Waals surface area contributed by atoms with E-state index in [0.29, 0.717) is 51.2 Å². The molecule has 0 aromatic heterocycles. The van der Waals surface area contributed by atoms with Crippen molar-refractivity contribution in [1.82, 2.24) is 0 Å². The molecule has 0 saturated heterocycles. The number of carbonyl (C=O) groups is 2. The van der Waals surface area contributed by atoms with Gasteiger partial charge in [-0.1, -0.05) is 30.7 Å². The maximum absolute atomic E-state index is 14.2. The fourth-order valence-corrected chi connectivity index (χ4v) is 4.80. The monoisotopic (exact) mass is 622 g/mol. The molecule has 0 radical (unpaired) electrons. The lowest BCUT2D eigenvalue weighted by molar-refractivity contribution is -0.274. The second-order valence-corrected chi connectivity index (χ2v) is 10.3. The fourth-order valence-electron chi connectivity index (χ4n) is 4.64. The van der Waals surface area contributed by atoms with Crippen molar-refractivity contribution in [2.45, 2.75) is 32.2 Å². The van der Waals surface area contributed by atoms with E-state index in [-0.39, 0.29) is 19.6 Å². The van der Waals surface area contributed by atoms with E-state index < -0.39 is 35.9 Å². The third-order valence-corrected chi connectivity index (χ3v) is 7.11. The molecule has 43 heavy (non-hydrogen) atoms. The topological polar surface area (TPSA) is 107 Å². The molecule has 3 aromatic carbocycles. The van der Waals surface area contributed by atoms with Gasteiger partial charge in [0.15, 0.2) is 0 Å². The third kappa shape index (κ3) is 7.95. The van der Waals surface area contributed by atoms with Gasteiger partial charge in [0.25, 0.3) is 5.91 Å². The average molecular weight is 623 g/mol. The lowest BCUT2D eigenvalue weighted by Crippen LogP contribution is -2.37. The molecule has 1 aliphatic rings. The zero-order chi connectivity index (χ0) is 31.3. The smallest absolute Gasteiger partial charge is 0.497 e. The van der Waals surface area contributed by atoms with Crippen molar-refractivity contribution in [2.24, 2.45) is 5.92 Å². The molecular weight excluding hydrogens is 593 g/mol. The normalized spacial score (nSPS) is 14.0. The number of anilines is 2. The lowest BCUT2D eigenvalue weighted by atomic mass is 10.0.